The lowest BCUT2D eigenvalue weighted by Gasteiger charge is -2.13. The molecule has 3 N–H and O–H groups in total. The van der Waals surface area contributed by atoms with Crippen molar-refractivity contribution >= 4 is 17.7 Å². The van der Waals surface area contributed by atoms with Crippen LogP contribution < -0.4 is 5.73 Å². The molecule has 19 heavy (non-hydrogen) atoms. The lowest BCUT2D eigenvalue weighted by Crippen LogP contribution is -2.23. The molecule has 0 aliphatic rings. The molecule has 0 radical (unpaired) electrons. The Morgan fingerprint density at radius 3 is 3.05 bits per heavy atom. The van der Waals surface area contributed by atoms with Crippen LogP contribution in [0.4, 0.5) is 5.69 Å². The number of nitrogens with two attached hydrogens (primary N) is 1. The number of carbonyl (C=O) groups excluding carboxylic acids is 1. The molecule has 0 bridgehead atoms. The van der Waals surface area contributed by atoms with E-state index in [1.807, 2.05) is 24.3 Å². The van der Waals surface area contributed by atoms with Gasteiger partial charge in [-0.3, -0.25) is 9.89 Å². The number of aromatic nitrogens is 2. The highest BCUT2D eigenvalue weighted by atomic mass is 16.2. The second kappa shape index (κ2) is 5.86. The Hall–Kier alpha value is -2.56. The van der Waals surface area contributed by atoms with E-state index in [0.29, 0.717) is 12.2 Å². The van der Waals surface area contributed by atoms with Crippen molar-refractivity contribution in [2.24, 2.45) is 0 Å². The predicted octanol–water partition coefficient (Wildman–Crippen LogP) is 1.66. The van der Waals surface area contributed by atoms with Crippen LogP contribution in [-0.4, -0.2) is 28.1 Å². The molecule has 5 heteroatoms. The maximum absolute atomic E-state index is 11.9. The van der Waals surface area contributed by atoms with Crippen molar-refractivity contribution in [1.29, 1.82) is 0 Å². The van der Waals surface area contributed by atoms with E-state index < -0.39 is 0 Å². The molecule has 2 rings (SSSR count). The first-order chi connectivity index (χ1) is 9.15. The van der Waals surface area contributed by atoms with Gasteiger partial charge in [0.25, 0.3) is 0 Å². The first-order valence-corrected chi connectivity index (χ1v) is 5.91. The Kier molecular flexibility index (Phi) is 3.97. The summed E-state index contributed by atoms with van der Waals surface area (Å²) >= 11 is 0. The summed E-state index contributed by atoms with van der Waals surface area (Å²) in [5.41, 5.74) is 8.23. The Labute approximate surface area is 111 Å². The van der Waals surface area contributed by atoms with Crippen molar-refractivity contribution in [1.82, 2.24) is 15.1 Å². The molecule has 0 unspecified atom stereocenters. The van der Waals surface area contributed by atoms with Crippen LogP contribution in [0.5, 0.6) is 0 Å². The van der Waals surface area contributed by atoms with Gasteiger partial charge in [-0.05, 0) is 23.8 Å². The summed E-state index contributed by atoms with van der Waals surface area (Å²) in [6.07, 6.45) is 6.76. The summed E-state index contributed by atoms with van der Waals surface area (Å²) in [6.45, 7) is 0.524. The number of amides is 1. The zero-order chi connectivity index (χ0) is 13.7. The number of aromatic amines is 1. The number of H-pyrrole nitrogens is 1. The van der Waals surface area contributed by atoms with Crippen molar-refractivity contribution in [2.45, 2.75) is 6.54 Å². The van der Waals surface area contributed by atoms with Gasteiger partial charge in [0.05, 0.1) is 6.20 Å². The topological polar surface area (TPSA) is 75.0 Å². The van der Waals surface area contributed by atoms with Crippen molar-refractivity contribution < 1.29 is 4.79 Å². The second-order valence-electron chi connectivity index (χ2n) is 4.30. The highest BCUT2D eigenvalue weighted by molar-refractivity contribution is 5.91. The van der Waals surface area contributed by atoms with Gasteiger partial charge in [0.15, 0.2) is 0 Å². The second-order valence-corrected chi connectivity index (χ2v) is 4.30. The maximum Gasteiger partial charge on any atom is 0.246 e. The van der Waals surface area contributed by atoms with Crippen molar-refractivity contribution in [3.05, 3.63) is 53.9 Å². The number of nitrogens with zero attached hydrogens (tertiary/aromatic N) is 2. The number of hydrogen-bond donors (Lipinski definition) is 2. The van der Waals surface area contributed by atoms with Gasteiger partial charge in [-0.2, -0.15) is 5.10 Å². The monoisotopic (exact) mass is 256 g/mol. The fourth-order valence-corrected chi connectivity index (χ4v) is 1.67. The number of carbonyl (C=O) groups is 1. The summed E-state index contributed by atoms with van der Waals surface area (Å²) in [5, 5.41) is 6.56. The van der Waals surface area contributed by atoms with Crippen LogP contribution in [0.3, 0.4) is 0 Å². The van der Waals surface area contributed by atoms with Crippen molar-refractivity contribution in [3.8, 4) is 0 Å². The summed E-state index contributed by atoms with van der Waals surface area (Å²) in [6, 6.07) is 7.38. The Morgan fingerprint density at radius 2 is 2.37 bits per heavy atom. The largest absolute Gasteiger partial charge is 0.399 e. The highest BCUT2D eigenvalue weighted by Crippen LogP contribution is 2.08. The van der Waals surface area contributed by atoms with E-state index in [1.54, 1.807) is 30.4 Å². The first-order valence-electron chi connectivity index (χ1n) is 5.91. The standard InChI is InChI=1S/C14H16N4O/c1-18(10-12-8-16-17-9-12)14(19)6-5-11-3-2-4-13(15)7-11/h2-9H,10,15H2,1H3,(H,16,17)/b6-5+. The Bertz CT molecular complexity index is 575. The number of nitrogens with one attached hydrogen (secondary N) is 1. The molecule has 5 nitrogen and oxygen atoms in total. The third-order valence-electron chi connectivity index (χ3n) is 2.68. The van der Waals surface area contributed by atoms with Crippen LogP contribution in [0.25, 0.3) is 6.08 Å². The minimum atomic E-state index is -0.0661. The number of likely N-dealkylation sites (N-methyl/N-ethyl adjacent to an activating group) is 1. The van der Waals surface area contributed by atoms with Gasteiger partial charge in [0.1, 0.15) is 0 Å². The summed E-state index contributed by atoms with van der Waals surface area (Å²) in [7, 11) is 1.75. The van der Waals surface area contributed by atoms with Crippen LogP contribution in [0.2, 0.25) is 0 Å². The first kappa shape index (κ1) is 12.9. The number of nitrogen functional groups attached to an aromatic ring is 1. The molecule has 1 heterocycles. The molecule has 0 atom stereocenters. The number of rotatable bonds is 4. The van der Waals surface area contributed by atoms with Gasteiger partial charge in [-0.1, -0.05) is 12.1 Å². The average molecular weight is 256 g/mol. The van der Waals surface area contributed by atoms with E-state index in [4.69, 9.17) is 5.73 Å². The van der Waals surface area contributed by atoms with Gasteiger partial charge < -0.3 is 10.6 Å². The number of benzene rings is 1. The van der Waals surface area contributed by atoms with Crippen LogP contribution in [-0.2, 0) is 11.3 Å². The predicted molar refractivity (Wildman–Crippen MR) is 75.0 cm³/mol. The normalized spacial score (nSPS) is 10.8. The van der Waals surface area contributed by atoms with Crippen LogP contribution in [0.15, 0.2) is 42.7 Å². The highest BCUT2D eigenvalue weighted by Gasteiger charge is 2.06. The van der Waals surface area contributed by atoms with Gasteiger partial charge in [0, 0.05) is 37.1 Å². The molecule has 0 spiro atoms. The molecule has 2 aromatic rings. The van der Waals surface area contributed by atoms with Crippen LogP contribution in [0, 0.1) is 0 Å². The minimum Gasteiger partial charge on any atom is -0.399 e. The SMILES string of the molecule is CN(Cc1cn[nH]c1)C(=O)/C=C/c1cccc(N)c1. The molecule has 0 saturated carbocycles. The molecule has 0 aliphatic carbocycles. The van der Waals surface area contributed by atoms with Gasteiger partial charge in [-0.15, -0.1) is 0 Å². The minimum absolute atomic E-state index is 0.0661. The Morgan fingerprint density at radius 1 is 1.53 bits per heavy atom. The summed E-state index contributed by atoms with van der Waals surface area (Å²) in [4.78, 5) is 13.5. The van der Waals surface area contributed by atoms with E-state index >= 15 is 0 Å². The lowest BCUT2D eigenvalue weighted by molar-refractivity contribution is -0.125. The molecule has 0 fully saturated rings. The Balaban J connectivity index is 1.96. The van der Waals surface area contributed by atoms with Gasteiger partial charge in [0.2, 0.25) is 5.91 Å². The summed E-state index contributed by atoms with van der Waals surface area (Å²) < 4.78 is 0. The van der Waals surface area contributed by atoms with E-state index in [-0.39, 0.29) is 5.91 Å². The number of anilines is 1. The van der Waals surface area contributed by atoms with Gasteiger partial charge in [-0.25, -0.2) is 0 Å². The van der Waals surface area contributed by atoms with Crippen molar-refractivity contribution in [3.63, 3.8) is 0 Å². The summed E-state index contributed by atoms with van der Waals surface area (Å²) in [5.74, 6) is -0.0661. The molecule has 98 valence electrons. The smallest absolute Gasteiger partial charge is 0.246 e. The van der Waals surface area contributed by atoms with E-state index in [1.165, 1.54) is 6.08 Å². The molecular formula is C14H16N4O. The van der Waals surface area contributed by atoms with Gasteiger partial charge >= 0.3 is 0 Å². The molecular weight excluding hydrogens is 240 g/mol. The lowest BCUT2D eigenvalue weighted by atomic mass is 10.2. The fraction of sp³-hybridized carbons (Fsp3) is 0.143. The van der Waals surface area contributed by atoms with E-state index in [2.05, 4.69) is 10.2 Å². The van der Waals surface area contributed by atoms with Crippen LogP contribution >= 0.6 is 0 Å². The van der Waals surface area contributed by atoms with E-state index in [9.17, 15) is 4.79 Å². The fourth-order valence-electron chi connectivity index (χ4n) is 1.67. The zero-order valence-corrected chi connectivity index (χ0v) is 10.7. The third kappa shape index (κ3) is 3.70. The zero-order valence-electron chi connectivity index (χ0n) is 10.7. The number of hydrogen-bond acceptors (Lipinski definition) is 3. The quantitative estimate of drug-likeness (QED) is 0.645. The molecule has 1 aromatic carbocycles. The average Bonchev–Trinajstić information content (AvgIpc) is 2.89. The maximum atomic E-state index is 11.9. The molecule has 0 aliphatic heterocycles. The molecule has 1 aromatic heterocycles. The van der Waals surface area contributed by atoms with Crippen molar-refractivity contribution in [2.75, 3.05) is 12.8 Å². The molecule has 0 saturated heterocycles. The molecule has 1 amide bonds. The van der Waals surface area contributed by atoms with Crippen LogP contribution in [0.1, 0.15) is 11.1 Å². The third-order valence-corrected chi connectivity index (χ3v) is 2.68. The van der Waals surface area contributed by atoms with E-state index in [0.717, 1.165) is 11.1 Å².